The van der Waals surface area contributed by atoms with E-state index in [9.17, 15) is 28.8 Å². The predicted molar refractivity (Wildman–Crippen MR) is 336 cm³/mol. The van der Waals surface area contributed by atoms with Gasteiger partial charge in [-0.05, 0) is 111 Å². The molecule has 22 heteroatoms. The highest BCUT2D eigenvalue weighted by Gasteiger charge is 2.20. The summed E-state index contributed by atoms with van der Waals surface area (Å²) in [6.07, 6.45) is 0. The van der Waals surface area contributed by atoms with Crippen LogP contribution in [0.4, 0.5) is 0 Å². The molecule has 0 spiro atoms. The molecule has 6 amide bonds. The number of likely N-dealkylation sites (N-methyl/N-ethyl adjacent to an activating group) is 3. The third kappa shape index (κ3) is 23.5. The van der Waals surface area contributed by atoms with E-state index in [2.05, 4.69) is 51.5 Å². The van der Waals surface area contributed by atoms with E-state index in [-0.39, 0.29) is 95.1 Å². The molecular weight excluding hydrogens is 1120 g/mol. The fourth-order valence-corrected chi connectivity index (χ4v) is 9.14. The molecule has 6 rings (SSSR count). The quantitative estimate of drug-likeness (QED) is 0.0217. The maximum Gasteiger partial charge on any atom is 0.255 e. The van der Waals surface area contributed by atoms with E-state index in [1.807, 2.05) is 75.7 Å². The lowest BCUT2D eigenvalue weighted by Crippen LogP contribution is -2.41. The molecule has 22 nitrogen and oxygen atoms in total. The lowest BCUT2D eigenvalue weighted by Gasteiger charge is -2.29. The Labute approximate surface area is 516 Å². The largest absolute Gasteiger partial charge is 0.467 e. The van der Waals surface area contributed by atoms with Gasteiger partial charge in [0.25, 0.3) is 35.4 Å². The summed E-state index contributed by atoms with van der Waals surface area (Å²) in [5, 5.41) is 17.1. The predicted octanol–water partition coefficient (Wildman–Crippen LogP) is 5.11. The van der Waals surface area contributed by atoms with Crippen molar-refractivity contribution in [3.05, 3.63) is 196 Å². The summed E-state index contributed by atoms with van der Waals surface area (Å²) in [7, 11) is 10.7. The van der Waals surface area contributed by atoms with E-state index < -0.39 is 0 Å². The minimum absolute atomic E-state index is 0.0563. The summed E-state index contributed by atoms with van der Waals surface area (Å²) in [6, 6.07) is 43.1. The second-order valence-electron chi connectivity index (χ2n) is 20.8. The van der Waals surface area contributed by atoms with Crippen molar-refractivity contribution in [1.29, 1.82) is 0 Å². The van der Waals surface area contributed by atoms with E-state index in [1.54, 1.807) is 91.0 Å². The number of hydrogen-bond acceptors (Lipinski definition) is 16. The number of nitrogens with one attached hydrogen (secondary N) is 6. The minimum atomic E-state index is -0.344. The van der Waals surface area contributed by atoms with Crippen LogP contribution in [0.1, 0.15) is 78.8 Å². The molecule has 0 fully saturated rings. The number of amides is 6. The first-order valence-corrected chi connectivity index (χ1v) is 29.1. The fourth-order valence-electron chi connectivity index (χ4n) is 9.14. The Bertz CT molecular complexity index is 2810. The fraction of sp³-hybridized carbons (Fsp3) is 0.364. The van der Waals surface area contributed by atoms with E-state index in [4.69, 9.17) is 28.4 Å². The Morgan fingerprint density at radius 2 is 0.580 bits per heavy atom. The number of hydrogen-bond donors (Lipinski definition) is 6. The van der Waals surface area contributed by atoms with E-state index >= 15 is 0 Å². The lowest BCUT2D eigenvalue weighted by atomic mass is 10.1. The van der Waals surface area contributed by atoms with Crippen LogP contribution >= 0.6 is 0 Å². The van der Waals surface area contributed by atoms with Crippen LogP contribution in [0.3, 0.4) is 0 Å². The lowest BCUT2D eigenvalue weighted by molar-refractivity contribution is 0.0497. The Morgan fingerprint density at radius 1 is 0.330 bits per heavy atom. The van der Waals surface area contributed by atoms with Crippen LogP contribution in [0.15, 0.2) is 146 Å². The van der Waals surface area contributed by atoms with Gasteiger partial charge in [-0.3, -0.25) is 33.7 Å². The molecule has 0 atom stereocenters. The molecule has 0 saturated heterocycles. The summed E-state index contributed by atoms with van der Waals surface area (Å²) >= 11 is 0. The second-order valence-corrected chi connectivity index (χ2v) is 20.8. The summed E-state index contributed by atoms with van der Waals surface area (Å²) in [5.41, 5.74) is 5.42. The van der Waals surface area contributed by atoms with Gasteiger partial charge in [0.15, 0.2) is 20.4 Å². The van der Waals surface area contributed by atoms with Crippen LogP contribution in [0.5, 0.6) is 17.2 Å². The molecule has 0 saturated carbocycles. The molecule has 6 aromatic carbocycles. The van der Waals surface area contributed by atoms with Gasteiger partial charge in [-0.15, -0.1) is 0 Å². The van der Waals surface area contributed by atoms with Crippen molar-refractivity contribution < 1.29 is 57.2 Å². The molecule has 0 heterocycles. The molecule has 6 N–H and O–H groups in total. The van der Waals surface area contributed by atoms with Crippen LogP contribution < -0.4 is 46.1 Å². The Hall–Kier alpha value is -8.74. The molecule has 0 radical (unpaired) electrons. The van der Waals surface area contributed by atoms with Crippen LogP contribution in [0.2, 0.25) is 0 Å². The first kappa shape index (κ1) is 68.4. The zero-order valence-corrected chi connectivity index (χ0v) is 51.3. The van der Waals surface area contributed by atoms with Crippen molar-refractivity contribution in [2.24, 2.45) is 0 Å². The van der Waals surface area contributed by atoms with Gasteiger partial charge in [0.2, 0.25) is 0 Å². The van der Waals surface area contributed by atoms with Gasteiger partial charge >= 0.3 is 0 Å². The normalized spacial score (nSPS) is 11.1. The van der Waals surface area contributed by atoms with Gasteiger partial charge in [0.05, 0.1) is 16.7 Å². The maximum atomic E-state index is 13.4. The zero-order chi connectivity index (χ0) is 62.9. The first-order chi connectivity index (χ1) is 42.7. The summed E-state index contributed by atoms with van der Waals surface area (Å²) in [6.45, 7) is 7.13. The first-order valence-electron chi connectivity index (χ1n) is 29.1. The summed E-state index contributed by atoms with van der Waals surface area (Å²) in [4.78, 5) is 86.8. The molecule has 470 valence electrons. The molecule has 0 aliphatic rings. The molecule has 88 heavy (non-hydrogen) atoms. The average Bonchev–Trinajstić information content (AvgIpc) is 3.63. The molecule has 0 aliphatic carbocycles. The number of carbonyl (C=O) groups is 6. The van der Waals surface area contributed by atoms with Gasteiger partial charge in [-0.1, -0.05) is 72.8 Å². The van der Waals surface area contributed by atoms with Crippen molar-refractivity contribution in [2.75, 3.05) is 141 Å². The number of rotatable bonds is 39. The highest BCUT2D eigenvalue weighted by Crippen LogP contribution is 2.25. The van der Waals surface area contributed by atoms with Crippen LogP contribution in [-0.4, -0.2) is 196 Å². The molecule has 0 aliphatic heterocycles. The summed E-state index contributed by atoms with van der Waals surface area (Å²) < 4.78 is 33.4. The Kier molecular flexibility index (Phi) is 29.3. The SMILES string of the molecule is COCOc1cc(CN(C)CCN(CCN(C)Cc2ccc(C(=O)NCCNC(=O)c3ccccc3)c(OCOC)c2)CCN(C)Cc2ccc(C(=O)NCCNC(=O)c3ccccc3)c(OCOC)c2)ccc1C(=O)NCCNC(=O)c1ccccc1. The van der Waals surface area contributed by atoms with Gasteiger partial charge in [0, 0.05) is 136 Å². The highest BCUT2D eigenvalue weighted by atomic mass is 16.7. The van der Waals surface area contributed by atoms with Crippen LogP contribution in [-0.2, 0) is 33.8 Å². The second kappa shape index (κ2) is 37.7. The average molecular weight is 1210 g/mol. The third-order valence-electron chi connectivity index (χ3n) is 13.8. The molecule has 6 aromatic rings. The number of methoxy groups -OCH3 is 3. The van der Waals surface area contributed by atoms with E-state index in [1.165, 1.54) is 21.3 Å². The van der Waals surface area contributed by atoms with Crippen molar-refractivity contribution in [1.82, 2.24) is 51.5 Å². The van der Waals surface area contributed by atoms with Crippen molar-refractivity contribution >= 4 is 35.4 Å². The van der Waals surface area contributed by atoms with Crippen molar-refractivity contribution in [3.63, 3.8) is 0 Å². The Balaban J connectivity index is 1.08. The maximum absolute atomic E-state index is 13.4. The van der Waals surface area contributed by atoms with Gasteiger partial charge in [-0.2, -0.15) is 0 Å². The number of ether oxygens (including phenoxy) is 6. The van der Waals surface area contributed by atoms with Crippen LogP contribution in [0.25, 0.3) is 0 Å². The van der Waals surface area contributed by atoms with Gasteiger partial charge in [-0.25, -0.2) is 0 Å². The van der Waals surface area contributed by atoms with Crippen LogP contribution in [0, 0.1) is 0 Å². The number of nitrogens with zero attached hydrogens (tertiary/aromatic N) is 4. The zero-order valence-electron chi connectivity index (χ0n) is 51.3. The molecule has 0 unspecified atom stereocenters. The van der Waals surface area contributed by atoms with Gasteiger partial charge < -0.3 is 75.0 Å². The topological polar surface area (TPSA) is 243 Å². The van der Waals surface area contributed by atoms with Crippen molar-refractivity contribution in [2.45, 2.75) is 19.6 Å². The van der Waals surface area contributed by atoms with Gasteiger partial charge in [0.1, 0.15) is 17.2 Å². The number of benzene rings is 6. The smallest absolute Gasteiger partial charge is 0.255 e. The van der Waals surface area contributed by atoms with E-state index in [0.717, 1.165) is 36.3 Å². The molecule has 0 aromatic heterocycles. The van der Waals surface area contributed by atoms with E-state index in [0.29, 0.717) is 89.9 Å². The molecule has 0 bridgehead atoms. The minimum Gasteiger partial charge on any atom is -0.467 e. The molecular formula is C66H84N10O12. The number of carbonyl (C=O) groups excluding carboxylic acids is 6. The standard InChI is InChI=1S/C66H84N10O12/c1-73(43-49-22-25-55(58(40-49)86-46-83-4)64(80)70-31-28-67-61(77)52-16-10-7-11-17-52)34-37-76(38-35-74(2)44-50-23-26-56(59(41-50)87-47-84-5)65(81)71-32-29-68-62(78)53-18-12-8-13-19-53)39-36-75(3)45-51-24-27-57(60(42-51)88-48-85-6)66(82)72-33-30-69-63(79)54-20-14-9-15-21-54/h7-27,40-42H,28-39,43-48H2,1-6H3,(H,67,77)(H,68,78)(H,69,79)(H,70,80)(H,71,81)(H,72,82). The summed E-state index contributed by atoms with van der Waals surface area (Å²) in [5.74, 6) is -0.586. The monoisotopic (exact) mass is 1210 g/mol. The highest BCUT2D eigenvalue weighted by molar-refractivity contribution is 5.99. The van der Waals surface area contributed by atoms with Crippen molar-refractivity contribution in [3.8, 4) is 17.2 Å². The Morgan fingerprint density at radius 3 is 0.830 bits per heavy atom. The third-order valence-corrected chi connectivity index (χ3v) is 13.8.